The molecule has 0 fully saturated rings. The number of nitrogens with two attached hydrogens (primary N) is 1. The van der Waals surface area contributed by atoms with Crippen LogP contribution in [0.3, 0.4) is 0 Å². The summed E-state index contributed by atoms with van der Waals surface area (Å²) in [6.07, 6.45) is 1.58. The first-order valence-electron chi connectivity index (χ1n) is 3.69. The molecule has 2 N–H and O–H groups in total. The van der Waals surface area contributed by atoms with E-state index in [1.54, 1.807) is 12.3 Å². The van der Waals surface area contributed by atoms with Gasteiger partial charge in [-0.15, -0.1) is 5.10 Å². The van der Waals surface area contributed by atoms with Crippen molar-refractivity contribution in [2.24, 2.45) is 0 Å². The summed E-state index contributed by atoms with van der Waals surface area (Å²) < 4.78 is 19.1. The van der Waals surface area contributed by atoms with Crippen LogP contribution < -0.4 is 10.5 Å². The second-order valence-electron chi connectivity index (χ2n) is 2.60. The van der Waals surface area contributed by atoms with E-state index in [1.807, 2.05) is 0 Å². The lowest BCUT2D eigenvalue weighted by Crippen LogP contribution is -1.96. The lowest BCUT2D eigenvalue weighted by molar-refractivity contribution is 0.419. The molecule has 0 aliphatic rings. The molecule has 0 aliphatic heterocycles. The van der Waals surface area contributed by atoms with Gasteiger partial charge in [0.2, 0.25) is 5.95 Å². The fourth-order valence-corrected chi connectivity index (χ4v) is 1.24. The van der Waals surface area contributed by atoms with Gasteiger partial charge >= 0.3 is 0 Å². The number of nitrogen functional groups attached to an aromatic ring is 1. The number of methoxy groups -OCH3 is 1. The lowest BCUT2D eigenvalue weighted by atomic mass is 10.3. The second kappa shape index (κ2) is 2.62. The molecule has 0 atom stereocenters. The predicted molar refractivity (Wildman–Crippen MR) is 46.1 cm³/mol. The molecule has 2 rings (SSSR count). The van der Waals surface area contributed by atoms with Crippen molar-refractivity contribution in [2.75, 3.05) is 12.8 Å². The molecule has 0 radical (unpaired) electrons. The van der Waals surface area contributed by atoms with Gasteiger partial charge in [-0.05, 0) is 6.07 Å². The van der Waals surface area contributed by atoms with Crippen molar-refractivity contribution >= 4 is 11.2 Å². The zero-order chi connectivity index (χ0) is 9.42. The minimum atomic E-state index is -0.552. The van der Waals surface area contributed by atoms with Gasteiger partial charge in [-0.2, -0.15) is 4.39 Å². The van der Waals surface area contributed by atoms with Crippen LogP contribution in [-0.2, 0) is 0 Å². The zero-order valence-electron chi connectivity index (χ0n) is 6.99. The largest absolute Gasteiger partial charge is 0.492 e. The van der Waals surface area contributed by atoms with Crippen molar-refractivity contribution < 1.29 is 9.13 Å². The SMILES string of the molecule is COc1c(N)ccn2nc(F)cc12. The maximum atomic E-state index is 12.7. The van der Waals surface area contributed by atoms with Crippen molar-refractivity contribution in [1.29, 1.82) is 0 Å². The Labute approximate surface area is 73.7 Å². The van der Waals surface area contributed by atoms with Gasteiger partial charge < -0.3 is 10.5 Å². The summed E-state index contributed by atoms with van der Waals surface area (Å²) in [6.45, 7) is 0. The molecule has 2 aromatic rings. The van der Waals surface area contributed by atoms with Crippen LogP contribution in [0.2, 0.25) is 0 Å². The van der Waals surface area contributed by atoms with Gasteiger partial charge in [0.05, 0.1) is 12.8 Å². The minimum Gasteiger partial charge on any atom is -0.492 e. The number of hydrogen-bond acceptors (Lipinski definition) is 3. The summed E-state index contributed by atoms with van der Waals surface area (Å²) in [4.78, 5) is 0. The van der Waals surface area contributed by atoms with Crippen molar-refractivity contribution in [3.63, 3.8) is 0 Å². The molecule has 0 saturated carbocycles. The lowest BCUT2D eigenvalue weighted by Gasteiger charge is -2.04. The Morgan fingerprint density at radius 1 is 1.62 bits per heavy atom. The molecule has 2 heterocycles. The van der Waals surface area contributed by atoms with Crippen LogP contribution in [0.4, 0.5) is 10.1 Å². The van der Waals surface area contributed by atoms with Crippen LogP contribution >= 0.6 is 0 Å². The van der Waals surface area contributed by atoms with Crippen molar-refractivity contribution in [3.05, 3.63) is 24.3 Å². The van der Waals surface area contributed by atoms with Crippen LogP contribution in [0.1, 0.15) is 0 Å². The molecular weight excluding hydrogens is 173 g/mol. The normalized spacial score (nSPS) is 10.6. The summed E-state index contributed by atoms with van der Waals surface area (Å²) in [5.74, 6) is -0.109. The van der Waals surface area contributed by atoms with Crippen LogP contribution in [0.5, 0.6) is 5.75 Å². The van der Waals surface area contributed by atoms with E-state index in [-0.39, 0.29) is 0 Å². The Hall–Kier alpha value is -1.78. The number of ether oxygens (including phenoxy) is 1. The molecule has 0 bridgehead atoms. The highest BCUT2D eigenvalue weighted by Crippen LogP contribution is 2.26. The van der Waals surface area contributed by atoms with Crippen molar-refractivity contribution in [2.45, 2.75) is 0 Å². The molecule has 0 saturated heterocycles. The maximum Gasteiger partial charge on any atom is 0.233 e. The van der Waals surface area contributed by atoms with Gasteiger partial charge in [-0.3, -0.25) is 0 Å². The first kappa shape index (κ1) is 7.85. The van der Waals surface area contributed by atoms with Crippen LogP contribution in [0.25, 0.3) is 5.52 Å². The quantitative estimate of drug-likeness (QED) is 0.715. The Balaban J connectivity index is 2.82. The molecule has 68 valence electrons. The molecule has 0 spiro atoms. The summed E-state index contributed by atoms with van der Waals surface area (Å²) >= 11 is 0. The fraction of sp³-hybridized carbons (Fsp3) is 0.125. The Morgan fingerprint density at radius 3 is 3.08 bits per heavy atom. The average molecular weight is 181 g/mol. The van der Waals surface area contributed by atoms with Gasteiger partial charge in [-0.25, -0.2) is 4.52 Å². The van der Waals surface area contributed by atoms with E-state index in [0.29, 0.717) is 17.0 Å². The third-order valence-electron chi connectivity index (χ3n) is 1.80. The maximum absolute atomic E-state index is 12.7. The number of rotatable bonds is 1. The summed E-state index contributed by atoms with van der Waals surface area (Å²) in [7, 11) is 1.48. The van der Waals surface area contributed by atoms with E-state index in [2.05, 4.69) is 5.10 Å². The second-order valence-corrected chi connectivity index (χ2v) is 2.60. The average Bonchev–Trinajstić information content (AvgIpc) is 2.45. The molecule has 2 aromatic heterocycles. The van der Waals surface area contributed by atoms with E-state index in [1.165, 1.54) is 17.7 Å². The Bertz CT molecular complexity index is 452. The van der Waals surface area contributed by atoms with Gasteiger partial charge in [0.1, 0.15) is 5.52 Å². The highest BCUT2D eigenvalue weighted by molar-refractivity contribution is 5.70. The van der Waals surface area contributed by atoms with E-state index >= 15 is 0 Å². The van der Waals surface area contributed by atoms with Crippen LogP contribution in [0.15, 0.2) is 18.3 Å². The Morgan fingerprint density at radius 2 is 2.38 bits per heavy atom. The zero-order valence-corrected chi connectivity index (χ0v) is 6.99. The monoisotopic (exact) mass is 181 g/mol. The number of fused-ring (bicyclic) bond motifs is 1. The highest BCUT2D eigenvalue weighted by atomic mass is 19.1. The third-order valence-corrected chi connectivity index (χ3v) is 1.80. The number of halogens is 1. The molecule has 0 unspecified atom stereocenters. The fourth-order valence-electron chi connectivity index (χ4n) is 1.24. The van der Waals surface area contributed by atoms with Crippen LogP contribution in [-0.4, -0.2) is 16.7 Å². The van der Waals surface area contributed by atoms with Crippen molar-refractivity contribution in [1.82, 2.24) is 9.61 Å². The Kier molecular flexibility index (Phi) is 1.58. The molecule has 4 nitrogen and oxygen atoms in total. The molecular formula is C8H8FN3O. The topological polar surface area (TPSA) is 52.5 Å². The summed E-state index contributed by atoms with van der Waals surface area (Å²) in [6, 6.07) is 2.88. The molecule has 13 heavy (non-hydrogen) atoms. The molecule has 0 amide bonds. The van der Waals surface area contributed by atoms with Crippen LogP contribution in [0, 0.1) is 5.95 Å². The number of hydrogen-bond donors (Lipinski definition) is 1. The first-order chi connectivity index (χ1) is 6.22. The molecule has 0 aliphatic carbocycles. The van der Waals surface area contributed by atoms with E-state index in [4.69, 9.17) is 10.5 Å². The van der Waals surface area contributed by atoms with Gasteiger partial charge in [0, 0.05) is 12.3 Å². The molecule has 0 aromatic carbocycles. The van der Waals surface area contributed by atoms with Crippen molar-refractivity contribution in [3.8, 4) is 5.75 Å². The predicted octanol–water partition coefficient (Wildman–Crippen LogP) is 1.06. The number of anilines is 1. The van der Waals surface area contributed by atoms with E-state index in [0.717, 1.165) is 0 Å². The van der Waals surface area contributed by atoms with E-state index < -0.39 is 5.95 Å². The van der Waals surface area contributed by atoms with Gasteiger partial charge in [0.25, 0.3) is 0 Å². The number of pyridine rings is 1. The van der Waals surface area contributed by atoms with Gasteiger partial charge in [0.15, 0.2) is 5.75 Å². The molecule has 5 heteroatoms. The smallest absolute Gasteiger partial charge is 0.233 e. The van der Waals surface area contributed by atoms with Gasteiger partial charge in [-0.1, -0.05) is 0 Å². The van der Waals surface area contributed by atoms with E-state index in [9.17, 15) is 4.39 Å². The summed E-state index contributed by atoms with van der Waals surface area (Å²) in [5, 5.41) is 3.58. The minimum absolute atomic E-state index is 0.443. The standard InChI is InChI=1S/C8H8FN3O/c1-13-8-5(10)2-3-12-6(8)4-7(9)11-12/h2-4H,10H2,1H3. The highest BCUT2D eigenvalue weighted by Gasteiger charge is 2.08. The number of nitrogens with zero attached hydrogens (tertiary/aromatic N) is 2. The first-order valence-corrected chi connectivity index (χ1v) is 3.69. The number of aromatic nitrogens is 2. The third kappa shape index (κ3) is 1.09. The summed E-state index contributed by atoms with van der Waals surface area (Å²) in [5.41, 5.74) is 6.61.